The van der Waals surface area contributed by atoms with Gasteiger partial charge in [0.05, 0.1) is 12.6 Å². The summed E-state index contributed by atoms with van der Waals surface area (Å²) in [6, 6.07) is 11.6. The van der Waals surface area contributed by atoms with Crippen molar-refractivity contribution >= 4 is 0 Å². The maximum atomic E-state index is 6.17. The molecule has 0 radical (unpaired) electrons. The minimum absolute atomic E-state index is 0.117. The lowest BCUT2D eigenvalue weighted by Gasteiger charge is -2.12. The van der Waals surface area contributed by atoms with Crippen LogP contribution in [0.1, 0.15) is 24.1 Å². The van der Waals surface area contributed by atoms with E-state index in [1.165, 1.54) is 0 Å². The summed E-state index contributed by atoms with van der Waals surface area (Å²) in [5, 5.41) is 0. The first-order chi connectivity index (χ1) is 8.31. The Morgan fingerprint density at radius 2 is 1.65 bits per heavy atom. The zero-order chi connectivity index (χ0) is 12.1. The maximum Gasteiger partial charge on any atom is 0.119 e. The van der Waals surface area contributed by atoms with Crippen molar-refractivity contribution < 1.29 is 4.74 Å². The molecule has 0 amide bonds. The van der Waals surface area contributed by atoms with Crippen LogP contribution in [-0.2, 0) is 0 Å². The Morgan fingerprint density at radius 1 is 1.06 bits per heavy atom. The highest BCUT2D eigenvalue weighted by Crippen LogP contribution is 2.21. The van der Waals surface area contributed by atoms with Gasteiger partial charge < -0.3 is 10.5 Å². The number of nitrogens with two attached hydrogens (primary N) is 1. The van der Waals surface area contributed by atoms with E-state index in [1.54, 1.807) is 12.4 Å². The van der Waals surface area contributed by atoms with Crippen LogP contribution in [-0.4, -0.2) is 11.6 Å². The number of ether oxygens (including phenoxy) is 1. The molecule has 0 saturated carbocycles. The molecule has 2 N–H and O–H groups in total. The molecular formula is C14H16N2O. The predicted molar refractivity (Wildman–Crippen MR) is 67.9 cm³/mol. The van der Waals surface area contributed by atoms with Gasteiger partial charge in [-0.2, -0.15) is 0 Å². The van der Waals surface area contributed by atoms with Gasteiger partial charge in [-0.05, 0) is 42.3 Å². The minimum atomic E-state index is -0.117. The quantitative estimate of drug-likeness (QED) is 0.874. The summed E-state index contributed by atoms with van der Waals surface area (Å²) in [4.78, 5) is 3.98. The van der Waals surface area contributed by atoms with Crippen molar-refractivity contribution in [1.29, 1.82) is 0 Å². The van der Waals surface area contributed by atoms with Crippen LogP contribution in [0.2, 0.25) is 0 Å². The van der Waals surface area contributed by atoms with Gasteiger partial charge in [0.15, 0.2) is 0 Å². The number of hydrogen-bond donors (Lipinski definition) is 1. The lowest BCUT2D eigenvalue weighted by atomic mass is 10.0. The number of nitrogens with zero attached hydrogens (tertiary/aromatic N) is 1. The molecule has 88 valence electrons. The molecule has 0 aliphatic carbocycles. The zero-order valence-electron chi connectivity index (χ0n) is 9.84. The summed E-state index contributed by atoms with van der Waals surface area (Å²) in [5.41, 5.74) is 8.30. The first-order valence-electron chi connectivity index (χ1n) is 5.69. The second-order valence-electron chi connectivity index (χ2n) is 3.76. The Kier molecular flexibility index (Phi) is 3.73. The van der Waals surface area contributed by atoms with Crippen molar-refractivity contribution in [3.63, 3.8) is 0 Å². The zero-order valence-corrected chi connectivity index (χ0v) is 9.84. The van der Waals surface area contributed by atoms with Gasteiger partial charge in [0.25, 0.3) is 0 Å². The average Bonchev–Trinajstić information content (AvgIpc) is 2.40. The second-order valence-corrected chi connectivity index (χ2v) is 3.76. The Bertz CT molecular complexity index is 453. The topological polar surface area (TPSA) is 48.1 Å². The van der Waals surface area contributed by atoms with Crippen LogP contribution >= 0.6 is 0 Å². The lowest BCUT2D eigenvalue weighted by molar-refractivity contribution is 0.340. The highest BCUT2D eigenvalue weighted by atomic mass is 16.5. The third-order valence-electron chi connectivity index (χ3n) is 2.62. The molecule has 17 heavy (non-hydrogen) atoms. The van der Waals surface area contributed by atoms with E-state index in [-0.39, 0.29) is 6.04 Å². The van der Waals surface area contributed by atoms with Gasteiger partial charge in [-0.15, -0.1) is 0 Å². The van der Waals surface area contributed by atoms with Crippen LogP contribution in [0.25, 0.3) is 0 Å². The summed E-state index contributed by atoms with van der Waals surface area (Å²) in [5.74, 6) is 0.873. The molecule has 0 aliphatic heterocycles. The second kappa shape index (κ2) is 5.46. The smallest absolute Gasteiger partial charge is 0.119 e. The summed E-state index contributed by atoms with van der Waals surface area (Å²) in [7, 11) is 0. The largest absolute Gasteiger partial charge is 0.494 e. The molecular weight excluding hydrogens is 212 g/mol. The number of aromatic nitrogens is 1. The Balaban J connectivity index is 2.17. The van der Waals surface area contributed by atoms with E-state index in [0.29, 0.717) is 6.61 Å². The van der Waals surface area contributed by atoms with Crippen molar-refractivity contribution in [3.8, 4) is 5.75 Å². The summed E-state index contributed by atoms with van der Waals surface area (Å²) >= 11 is 0. The molecule has 2 rings (SSSR count). The highest BCUT2D eigenvalue weighted by molar-refractivity contribution is 5.34. The molecule has 1 unspecified atom stereocenters. The fraction of sp³-hybridized carbons (Fsp3) is 0.214. The standard InChI is InChI=1S/C14H16N2O/c1-2-17-13-5-3-11(4-6-13)14(15)12-7-9-16-10-8-12/h3-10,14H,2,15H2,1H3. The van der Waals surface area contributed by atoms with Crippen molar-refractivity contribution in [1.82, 2.24) is 4.98 Å². The number of rotatable bonds is 4. The minimum Gasteiger partial charge on any atom is -0.494 e. The first kappa shape index (κ1) is 11.6. The van der Waals surface area contributed by atoms with Gasteiger partial charge in [0.2, 0.25) is 0 Å². The van der Waals surface area contributed by atoms with Crippen molar-refractivity contribution in [2.24, 2.45) is 5.73 Å². The normalized spacial score (nSPS) is 12.1. The highest BCUT2D eigenvalue weighted by Gasteiger charge is 2.08. The fourth-order valence-corrected chi connectivity index (χ4v) is 1.70. The van der Waals surface area contributed by atoms with Gasteiger partial charge in [0.1, 0.15) is 5.75 Å². The molecule has 1 atom stereocenters. The number of hydrogen-bond acceptors (Lipinski definition) is 3. The SMILES string of the molecule is CCOc1ccc(C(N)c2ccncc2)cc1. The monoisotopic (exact) mass is 228 g/mol. The van der Waals surface area contributed by atoms with Gasteiger partial charge in [-0.25, -0.2) is 0 Å². The van der Waals surface area contributed by atoms with Crippen LogP contribution < -0.4 is 10.5 Å². The molecule has 1 aromatic carbocycles. The Hall–Kier alpha value is -1.87. The summed E-state index contributed by atoms with van der Waals surface area (Å²) in [6.45, 7) is 2.65. The molecule has 1 aromatic heterocycles. The molecule has 3 nitrogen and oxygen atoms in total. The Morgan fingerprint density at radius 3 is 2.24 bits per heavy atom. The molecule has 0 bridgehead atoms. The van der Waals surface area contributed by atoms with Gasteiger partial charge in [-0.1, -0.05) is 12.1 Å². The molecule has 0 aliphatic rings. The van der Waals surface area contributed by atoms with E-state index in [2.05, 4.69) is 4.98 Å². The van der Waals surface area contributed by atoms with Crippen molar-refractivity contribution in [3.05, 3.63) is 59.9 Å². The average molecular weight is 228 g/mol. The summed E-state index contributed by atoms with van der Waals surface area (Å²) in [6.07, 6.45) is 3.51. The van der Waals surface area contributed by atoms with Gasteiger partial charge in [-0.3, -0.25) is 4.98 Å². The van der Waals surface area contributed by atoms with Crippen LogP contribution in [0, 0.1) is 0 Å². The van der Waals surface area contributed by atoms with E-state index in [4.69, 9.17) is 10.5 Å². The van der Waals surface area contributed by atoms with Gasteiger partial charge >= 0.3 is 0 Å². The van der Waals surface area contributed by atoms with Crippen LogP contribution in [0.4, 0.5) is 0 Å². The third-order valence-corrected chi connectivity index (χ3v) is 2.62. The van der Waals surface area contributed by atoms with E-state index in [1.807, 2.05) is 43.3 Å². The third kappa shape index (κ3) is 2.82. The van der Waals surface area contributed by atoms with Crippen LogP contribution in [0.5, 0.6) is 5.75 Å². The van der Waals surface area contributed by atoms with Crippen molar-refractivity contribution in [2.75, 3.05) is 6.61 Å². The van der Waals surface area contributed by atoms with E-state index in [9.17, 15) is 0 Å². The van der Waals surface area contributed by atoms with Crippen molar-refractivity contribution in [2.45, 2.75) is 13.0 Å². The van der Waals surface area contributed by atoms with Crippen LogP contribution in [0.3, 0.4) is 0 Å². The lowest BCUT2D eigenvalue weighted by Crippen LogP contribution is -2.11. The van der Waals surface area contributed by atoms with Gasteiger partial charge in [0, 0.05) is 12.4 Å². The predicted octanol–water partition coefficient (Wildman–Crippen LogP) is 2.53. The van der Waals surface area contributed by atoms with Crippen LogP contribution in [0.15, 0.2) is 48.8 Å². The first-order valence-corrected chi connectivity index (χ1v) is 5.69. The number of pyridine rings is 1. The Labute approximate surface area is 101 Å². The van der Waals surface area contributed by atoms with E-state index < -0.39 is 0 Å². The van der Waals surface area contributed by atoms with E-state index in [0.717, 1.165) is 16.9 Å². The fourth-order valence-electron chi connectivity index (χ4n) is 1.70. The molecule has 0 fully saturated rings. The summed E-state index contributed by atoms with van der Waals surface area (Å²) < 4.78 is 5.40. The maximum absolute atomic E-state index is 6.17. The molecule has 0 saturated heterocycles. The molecule has 3 heteroatoms. The van der Waals surface area contributed by atoms with E-state index >= 15 is 0 Å². The molecule has 2 aromatic rings. The molecule has 1 heterocycles. The number of benzene rings is 1. The molecule has 0 spiro atoms.